The first kappa shape index (κ1) is 19.7. The molecule has 1 aliphatic heterocycles. The van der Waals surface area contributed by atoms with E-state index in [0.717, 1.165) is 5.56 Å². The van der Waals surface area contributed by atoms with E-state index in [0.29, 0.717) is 22.1 Å². The van der Waals surface area contributed by atoms with Crippen molar-refractivity contribution in [3.05, 3.63) is 53.1 Å². The minimum absolute atomic E-state index is 0.00330. The third kappa shape index (κ3) is 4.43. The lowest BCUT2D eigenvalue weighted by Crippen LogP contribution is -2.25. The Morgan fingerprint density at radius 1 is 1.25 bits per heavy atom. The minimum Gasteiger partial charge on any atom is -0.484 e. The van der Waals surface area contributed by atoms with Gasteiger partial charge in [-0.05, 0) is 48.9 Å². The Morgan fingerprint density at radius 2 is 1.96 bits per heavy atom. The molecule has 2 aromatic carbocycles. The number of amides is 2. The molecule has 1 atom stereocenters. The smallest absolute Gasteiger partial charge is 0.308 e. The average Bonchev–Trinajstić information content (AvgIpc) is 3.06. The number of carboxylic acid groups (broad SMARTS) is 1. The third-order valence-corrected chi connectivity index (χ3v) is 4.94. The van der Waals surface area contributed by atoms with Gasteiger partial charge in [0.05, 0.1) is 5.92 Å². The number of halogens is 1. The fourth-order valence-corrected chi connectivity index (χ4v) is 3.10. The van der Waals surface area contributed by atoms with Crippen LogP contribution >= 0.6 is 11.6 Å². The van der Waals surface area contributed by atoms with E-state index in [4.69, 9.17) is 21.4 Å². The van der Waals surface area contributed by atoms with E-state index in [2.05, 4.69) is 5.32 Å². The van der Waals surface area contributed by atoms with Crippen molar-refractivity contribution >= 4 is 40.8 Å². The molecule has 2 amide bonds. The number of hydrogen-bond donors (Lipinski definition) is 2. The van der Waals surface area contributed by atoms with Gasteiger partial charge in [0.1, 0.15) is 5.75 Å². The fourth-order valence-electron chi connectivity index (χ4n) is 2.92. The molecule has 0 saturated carbocycles. The first-order valence-electron chi connectivity index (χ1n) is 8.66. The summed E-state index contributed by atoms with van der Waals surface area (Å²) in [4.78, 5) is 36.6. The molecule has 1 heterocycles. The number of rotatable bonds is 6. The molecule has 8 heteroatoms. The summed E-state index contributed by atoms with van der Waals surface area (Å²) >= 11 is 6.03. The van der Waals surface area contributed by atoms with Crippen LogP contribution in [0.5, 0.6) is 5.75 Å². The number of nitrogens with one attached hydrogen (secondary N) is 1. The molecule has 146 valence electrons. The van der Waals surface area contributed by atoms with Gasteiger partial charge in [0.2, 0.25) is 5.91 Å². The molecule has 2 aromatic rings. The van der Waals surface area contributed by atoms with Crippen LogP contribution in [0.25, 0.3) is 0 Å². The van der Waals surface area contributed by atoms with E-state index in [1.165, 1.54) is 4.90 Å². The zero-order valence-electron chi connectivity index (χ0n) is 15.1. The number of carboxylic acids is 1. The number of anilines is 2. The highest BCUT2D eigenvalue weighted by Crippen LogP contribution is 2.27. The summed E-state index contributed by atoms with van der Waals surface area (Å²) in [7, 11) is 0. The average molecular weight is 403 g/mol. The van der Waals surface area contributed by atoms with Crippen LogP contribution in [0.2, 0.25) is 5.02 Å². The molecule has 0 unspecified atom stereocenters. The van der Waals surface area contributed by atoms with Gasteiger partial charge in [-0.2, -0.15) is 0 Å². The van der Waals surface area contributed by atoms with Crippen LogP contribution in [0.15, 0.2) is 42.5 Å². The summed E-state index contributed by atoms with van der Waals surface area (Å²) in [6, 6.07) is 11.8. The van der Waals surface area contributed by atoms with Crippen molar-refractivity contribution in [1.82, 2.24) is 0 Å². The summed E-state index contributed by atoms with van der Waals surface area (Å²) in [6.45, 7) is 1.77. The van der Waals surface area contributed by atoms with Crippen LogP contribution in [0.3, 0.4) is 0 Å². The summed E-state index contributed by atoms with van der Waals surface area (Å²) in [5.74, 6) is -1.76. The molecule has 1 saturated heterocycles. The predicted molar refractivity (Wildman–Crippen MR) is 105 cm³/mol. The van der Waals surface area contributed by atoms with Gasteiger partial charge >= 0.3 is 5.97 Å². The Labute approximate surface area is 166 Å². The number of ether oxygens (including phenoxy) is 1. The highest BCUT2D eigenvalue weighted by Gasteiger charge is 2.34. The van der Waals surface area contributed by atoms with Gasteiger partial charge in [0.15, 0.2) is 6.61 Å². The molecule has 3 rings (SSSR count). The Balaban J connectivity index is 1.56. The lowest BCUT2D eigenvalue weighted by molar-refractivity contribution is -0.141. The zero-order valence-corrected chi connectivity index (χ0v) is 15.9. The fraction of sp³-hybridized carbons (Fsp3) is 0.250. The zero-order chi connectivity index (χ0) is 20.3. The number of nitrogens with zero attached hydrogens (tertiary/aromatic N) is 1. The molecule has 0 bridgehead atoms. The summed E-state index contributed by atoms with van der Waals surface area (Å²) in [5, 5.41) is 12.4. The summed E-state index contributed by atoms with van der Waals surface area (Å²) in [6.07, 6.45) is -0.00330. The van der Waals surface area contributed by atoms with E-state index in [9.17, 15) is 14.4 Å². The van der Waals surface area contributed by atoms with Crippen molar-refractivity contribution in [3.63, 3.8) is 0 Å². The Kier molecular flexibility index (Phi) is 5.84. The van der Waals surface area contributed by atoms with E-state index in [1.807, 2.05) is 6.92 Å². The van der Waals surface area contributed by atoms with Crippen LogP contribution in [0.1, 0.15) is 12.0 Å². The van der Waals surface area contributed by atoms with E-state index in [-0.39, 0.29) is 31.4 Å². The van der Waals surface area contributed by atoms with Crippen LogP contribution in [0, 0.1) is 12.8 Å². The topological polar surface area (TPSA) is 95.9 Å². The molecule has 1 fully saturated rings. The van der Waals surface area contributed by atoms with Crippen molar-refractivity contribution in [1.29, 1.82) is 0 Å². The summed E-state index contributed by atoms with van der Waals surface area (Å²) < 4.78 is 5.47. The molecule has 1 aliphatic rings. The summed E-state index contributed by atoms with van der Waals surface area (Å²) in [5.41, 5.74) is 1.99. The number of carbonyl (C=O) groups is 3. The largest absolute Gasteiger partial charge is 0.484 e. The molecule has 0 radical (unpaired) electrons. The molecule has 0 aromatic heterocycles. The van der Waals surface area contributed by atoms with Crippen LogP contribution in [-0.2, 0) is 14.4 Å². The van der Waals surface area contributed by atoms with Crippen molar-refractivity contribution in [2.75, 3.05) is 23.4 Å². The number of aliphatic carboxylic acids is 1. The predicted octanol–water partition coefficient (Wildman–Crippen LogP) is 3.10. The first-order chi connectivity index (χ1) is 13.3. The van der Waals surface area contributed by atoms with Gasteiger partial charge in [0.25, 0.3) is 5.91 Å². The standard InChI is InChI=1S/C20H19ClN2O5/c1-12-16(21)3-2-4-17(12)22-18(24)11-28-15-7-5-14(6-8-15)23-10-13(20(26)27)9-19(23)25/h2-8,13H,9-11H2,1H3,(H,22,24)(H,26,27)/t13-/m1/s1. The normalized spacial score (nSPS) is 16.1. The molecule has 7 nitrogen and oxygen atoms in total. The van der Waals surface area contributed by atoms with Gasteiger partial charge < -0.3 is 20.1 Å². The molecule has 2 N–H and O–H groups in total. The maximum absolute atomic E-state index is 12.1. The molecule has 0 spiro atoms. The first-order valence-corrected chi connectivity index (χ1v) is 9.04. The Bertz CT molecular complexity index is 913. The maximum Gasteiger partial charge on any atom is 0.308 e. The van der Waals surface area contributed by atoms with Crippen molar-refractivity contribution in [3.8, 4) is 5.75 Å². The van der Waals surface area contributed by atoms with Gasteiger partial charge in [-0.15, -0.1) is 0 Å². The molecule has 0 aliphatic carbocycles. The second-order valence-corrected chi connectivity index (χ2v) is 6.89. The molecular weight excluding hydrogens is 384 g/mol. The lowest BCUT2D eigenvalue weighted by atomic mass is 10.1. The third-order valence-electron chi connectivity index (χ3n) is 4.53. The quantitative estimate of drug-likeness (QED) is 0.774. The van der Waals surface area contributed by atoms with E-state index >= 15 is 0 Å². The van der Waals surface area contributed by atoms with Crippen LogP contribution in [-0.4, -0.2) is 36.0 Å². The maximum atomic E-state index is 12.1. The Hall–Kier alpha value is -3.06. The second kappa shape index (κ2) is 8.31. The van der Waals surface area contributed by atoms with Gasteiger partial charge in [0, 0.05) is 29.4 Å². The molecule has 28 heavy (non-hydrogen) atoms. The number of carbonyl (C=O) groups excluding carboxylic acids is 2. The van der Waals surface area contributed by atoms with E-state index < -0.39 is 11.9 Å². The van der Waals surface area contributed by atoms with Gasteiger partial charge in [-0.1, -0.05) is 17.7 Å². The van der Waals surface area contributed by atoms with Gasteiger partial charge in [-0.25, -0.2) is 0 Å². The molecular formula is C20H19ClN2O5. The Morgan fingerprint density at radius 3 is 2.61 bits per heavy atom. The number of hydrogen-bond acceptors (Lipinski definition) is 4. The van der Waals surface area contributed by atoms with Crippen molar-refractivity contribution in [2.24, 2.45) is 5.92 Å². The van der Waals surface area contributed by atoms with Crippen LogP contribution in [0.4, 0.5) is 11.4 Å². The van der Waals surface area contributed by atoms with Crippen LogP contribution < -0.4 is 15.0 Å². The lowest BCUT2D eigenvalue weighted by Gasteiger charge is -2.16. The van der Waals surface area contributed by atoms with Crippen molar-refractivity contribution < 1.29 is 24.2 Å². The monoisotopic (exact) mass is 402 g/mol. The van der Waals surface area contributed by atoms with Gasteiger partial charge in [-0.3, -0.25) is 14.4 Å². The highest BCUT2D eigenvalue weighted by atomic mass is 35.5. The highest BCUT2D eigenvalue weighted by molar-refractivity contribution is 6.31. The number of benzene rings is 2. The minimum atomic E-state index is -0.975. The SMILES string of the molecule is Cc1c(Cl)cccc1NC(=O)COc1ccc(N2C[C@H](C(=O)O)CC2=O)cc1. The second-order valence-electron chi connectivity index (χ2n) is 6.49. The van der Waals surface area contributed by atoms with Crippen molar-refractivity contribution in [2.45, 2.75) is 13.3 Å². The van der Waals surface area contributed by atoms with E-state index in [1.54, 1.807) is 42.5 Å².